The van der Waals surface area contributed by atoms with Crippen LogP contribution in [-0.4, -0.2) is 23.4 Å². The third-order valence-corrected chi connectivity index (χ3v) is 4.54. The summed E-state index contributed by atoms with van der Waals surface area (Å²) in [6, 6.07) is 5.71. The van der Waals surface area contributed by atoms with Gasteiger partial charge in [0.15, 0.2) is 0 Å². The zero-order chi connectivity index (χ0) is 13.8. The Balaban J connectivity index is 1.91. The van der Waals surface area contributed by atoms with Crippen molar-refractivity contribution in [3.63, 3.8) is 0 Å². The van der Waals surface area contributed by atoms with Gasteiger partial charge in [-0.25, -0.2) is 0 Å². The Kier molecular flexibility index (Phi) is 2.74. The predicted octanol–water partition coefficient (Wildman–Crippen LogP) is 2.57. The van der Waals surface area contributed by atoms with Gasteiger partial charge in [-0.05, 0) is 69.6 Å². The molecule has 0 unspecified atom stereocenters. The number of phenols is 1. The highest BCUT2D eigenvalue weighted by Gasteiger charge is 2.51. The van der Waals surface area contributed by atoms with E-state index < -0.39 is 7.12 Å². The van der Waals surface area contributed by atoms with Gasteiger partial charge >= 0.3 is 7.12 Å². The van der Waals surface area contributed by atoms with Crippen molar-refractivity contribution in [3.05, 3.63) is 23.8 Å². The lowest BCUT2D eigenvalue weighted by atomic mass is 9.78. The largest absolute Gasteiger partial charge is 0.508 e. The standard InChI is InChI=1S/C15H21BO3/c1-14(2)15(3,4)19-16(18-14)12-7-11(10-5-6-10)8-13(17)9-12/h7-10,17H,5-6H2,1-4H3. The van der Waals surface area contributed by atoms with Crippen LogP contribution in [0, 0.1) is 0 Å². The topological polar surface area (TPSA) is 38.7 Å². The van der Waals surface area contributed by atoms with Gasteiger partial charge in [0.05, 0.1) is 11.2 Å². The van der Waals surface area contributed by atoms with Gasteiger partial charge < -0.3 is 14.4 Å². The average molecular weight is 260 g/mol. The summed E-state index contributed by atoms with van der Waals surface area (Å²) in [5.41, 5.74) is 1.43. The molecule has 3 rings (SSSR count). The van der Waals surface area contributed by atoms with Crippen LogP contribution in [0.25, 0.3) is 0 Å². The Morgan fingerprint density at radius 1 is 1.05 bits per heavy atom. The summed E-state index contributed by atoms with van der Waals surface area (Å²) in [5, 5.41) is 9.88. The molecule has 0 spiro atoms. The molecule has 1 aliphatic carbocycles. The molecular weight excluding hydrogens is 239 g/mol. The van der Waals surface area contributed by atoms with E-state index in [1.54, 1.807) is 6.07 Å². The first kappa shape index (κ1) is 13.0. The van der Waals surface area contributed by atoms with Crippen LogP contribution in [0.1, 0.15) is 52.0 Å². The molecule has 2 aliphatic rings. The van der Waals surface area contributed by atoms with Crippen molar-refractivity contribution >= 4 is 12.6 Å². The molecule has 1 heterocycles. The summed E-state index contributed by atoms with van der Waals surface area (Å²) >= 11 is 0. The van der Waals surface area contributed by atoms with Crippen molar-refractivity contribution in [3.8, 4) is 5.75 Å². The van der Waals surface area contributed by atoms with E-state index in [-0.39, 0.29) is 11.2 Å². The van der Waals surface area contributed by atoms with Crippen LogP contribution >= 0.6 is 0 Å². The maximum absolute atomic E-state index is 9.88. The molecular formula is C15H21BO3. The Morgan fingerprint density at radius 2 is 1.63 bits per heavy atom. The van der Waals surface area contributed by atoms with Crippen molar-refractivity contribution < 1.29 is 14.4 Å². The predicted molar refractivity (Wildman–Crippen MR) is 75.8 cm³/mol. The lowest BCUT2D eigenvalue weighted by molar-refractivity contribution is 0.00578. The fraction of sp³-hybridized carbons (Fsp3) is 0.600. The van der Waals surface area contributed by atoms with Gasteiger partial charge in [0, 0.05) is 0 Å². The van der Waals surface area contributed by atoms with E-state index in [1.807, 2.05) is 33.8 Å². The molecule has 0 radical (unpaired) electrons. The molecule has 19 heavy (non-hydrogen) atoms. The molecule has 0 atom stereocenters. The number of hydrogen-bond acceptors (Lipinski definition) is 3. The van der Waals surface area contributed by atoms with E-state index in [2.05, 4.69) is 6.07 Å². The summed E-state index contributed by atoms with van der Waals surface area (Å²) in [6.45, 7) is 8.16. The molecule has 1 aromatic carbocycles. The van der Waals surface area contributed by atoms with Gasteiger partial charge in [-0.2, -0.15) is 0 Å². The highest BCUT2D eigenvalue weighted by Crippen LogP contribution is 2.41. The second-order valence-electron chi connectivity index (χ2n) is 6.72. The second kappa shape index (κ2) is 4.00. The minimum absolute atomic E-state index is 0.300. The fourth-order valence-corrected chi connectivity index (χ4v) is 2.43. The van der Waals surface area contributed by atoms with Crippen LogP contribution in [0.5, 0.6) is 5.75 Å². The minimum Gasteiger partial charge on any atom is -0.508 e. The second-order valence-corrected chi connectivity index (χ2v) is 6.72. The zero-order valence-electron chi connectivity index (χ0n) is 12.1. The first-order chi connectivity index (χ1) is 8.78. The normalized spacial score (nSPS) is 24.7. The highest BCUT2D eigenvalue weighted by molar-refractivity contribution is 6.62. The summed E-state index contributed by atoms with van der Waals surface area (Å²) in [7, 11) is -0.394. The SMILES string of the molecule is CC1(C)OB(c2cc(O)cc(C3CC3)c2)OC1(C)C. The molecule has 1 saturated heterocycles. The highest BCUT2D eigenvalue weighted by atomic mass is 16.7. The molecule has 1 aromatic rings. The van der Waals surface area contributed by atoms with Crippen LogP contribution in [0.3, 0.4) is 0 Å². The number of aromatic hydroxyl groups is 1. The summed E-state index contributed by atoms with van der Waals surface area (Å²) < 4.78 is 12.1. The number of rotatable bonds is 2. The van der Waals surface area contributed by atoms with Gasteiger partial charge in [0.25, 0.3) is 0 Å². The Bertz CT molecular complexity index is 490. The Hall–Kier alpha value is -0.995. The smallest absolute Gasteiger partial charge is 0.494 e. The van der Waals surface area contributed by atoms with Gasteiger partial charge in [-0.3, -0.25) is 0 Å². The van der Waals surface area contributed by atoms with Crippen LogP contribution < -0.4 is 5.46 Å². The minimum atomic E-state index is -0.394. The van der Waals surface area contributed by atoms with Crippen LogP contribution in [0.2, 0.25) is 0 Å². The van der Waals surface area contributed by atoms with Crippen LogP contribution in [0.15, 0.2) is 18.2 Å². The van der Waals surface area contributed by atoms with Crippen molar-refractivity contribution in [1.82, 2.24) is 0 Å². The average Bonchev–Trinajstić information content (AvgIpc) is 3.06. The van der Waals surface area contributed by atoms with E-state index in [4.69, 9.17) is 9.31 Å². The first-order valence-corrected chi connectivity index (χ1v) is 6.98. The fourth-order valence-electron chi connectivity index (χ4n) is 2.43. The van der Waals surface area contributed by atoms with Gasteiger partial charge in [0.2, 0.25) is 0 Å². The van der Waals surface area contributed by atoms with Crippen molar-refractivity contribution in [1.29, 1.82) is 0 Å². The van der Waals surface area contributed by atoms with Crippen LogP contribution in [0.4, 0.5) is 0 Å². The molecule has 0 aromatic heterocycles. The van der Waals surface area contributed by atoms with E-state index in [9.17, 15) is 5.11 Å². The van der Waals surface area contributed by atoms with E-state index in [0.29, 0.717) is 11.7 Å². The summed E-state index contributed by atoms with van der Waals surface area (Å²) in [5.74, 6) is 0.905. The van der Waals surface area contributed by atoms with Crippen LogP contribution in [-0.2, 0) is 9.31 Å². The maximum Gasteiger partial charge on any atom is 0.494 e. The van der Waals surface area contributed by atoms with E-state index in [0.717, 1.165) is 5.46 Å². The molecule has 0 bridgehead atoms. The lowest BCUT2D eigenvalue weighted by Crippen LogP contribution is -2.41. The molecule has 3 nitrogen and oxygen atoms in total. The molecule has 1 saturated carbocycles. The third kappa shape index (κ3) is 2.28. The summed E-state index contributed by atoms with van der Waals surface area (Å²) in [4.78, 5) is 0. The summed E-state index contributed by atoms with van der Waals surface area (Å²) in [6.07, 6.45) is 2.43. The van der Waals surface area contributed by atoms with Gasteiger partial charge in [-0.15, -0.1) is 0 Å². The monoisotopic (exact) mass is 260 g/mol. The quantitative estimate of drug-likeness (QED) is 0.830. The van der Waals surface area contributed by atoms with Crippen molar-refractivity contribution in [2.45, 2.75) is 57.7 Å². The molecule has 4 heteroatoms. The zero-order valence-corrected chi connectivity index (χ0v) is 12.1. The molecule has 1 N–H and O–H groups in total. The number of benzene rings is 1. The molecule has 102 valence electrons. The van der Waals surface area contributed by atoms with E-state index >= 15 is 0 Å². The van der Waals surface area contributed by atoms with Crippen molar-refractivity contribution in [2.75, 3.05) is 0 Å². The molecule has 1 aliphatic heterocycles. The van der Waals surface area contributed by atoms with Gasteiger partial charge in [0.1, 0.15) is 5.75 Å². The Labute approximate surface area is 115 Å². The lowest BCUT2D eigenvalue weighted by Gasteiger charge is -2.32. The molecule has 0 amide bonds. The maximum atomic E-state index is 9.88. The molecule has 2 fully saturated rings. The van der Waals surface area contributed by atoms with Gasteiger partial charge in [-0.1, -0.05) is 6.07 Å². The van der Waals surface area contributed by atoms with Crippen molar-refractivity contribution in [2.24, 2.45) is 0 Å². The first-order valence-electron chi connectivity index (χ1n) is 6.98. The van der Waals surface area contributed by atoms with E-state index in [1.165, 1.54) is 18.4 Å². The number of hydrogen-bond donors (Lipinski definition) is 1. The Morgan fingerprint density at radius 3 is 2.16 bits per heavy atom. The third-order valence-electron chi connectivity index (χ3n) is 4.54. The number of phenolic OH excluding ortho intramolecular Hbond substituents is 1.